The largest absolute Gasteiger partial charge is 1.00 e. The van der Waals surface area contributed by atoms with Gasteiger partial charge in [-0.25, -0.2) is 0 Å². The van der Waals surface area contributed by atoms with E-state index in [0.29, 0.717) is 4.22 Å². The van der Waals surface area contributed by atoms with Gasteiger partial charge in [0.05, 0.1) is 0 Å². The van der Waals surface area contributed by atoms with Gasteiger partial charge in [-0.1, -0.05) is 0 Å². The van der Waals surface area contributed by atoms with Crippen molar-refractivity contribution in [2.75, 3.05) is 0 Å². The van der Waals surface area contributed by atoms with Gasteiger partial charge in [-0.05, 0) is 0 Å². The average molecular weight is 656 g/mol. The minimum atomic E-state index is -1.89. The second-order valence-electron chi connectivity index (χ2n) is 13.1. The van der Waals surface area contributed by atoms with E-state index in [1.165, 1.54) is 46.2 Å². The Hall–Kier alpha value is -2.48. The van der Waals surface area contributed by atoms with Crippen LogP contribution in [0.5, 0.6) is 0 Å². The van der Waals surface area contributed by atoms with Gasteiger partial charge >= 0.3 is 261 Å². The molecule has 0 nitrogen and oxygen atoms in total. The number of rotatable bonds is 8. The molecular weight excluding hydrogens is 611 g/mol. The van der Waals surface area contributed by atoms with Gasteiger partial charge in [0, 0.05) is 0 Å². The summed E-state index contributed by atoms with van der Waals surface area (Å²) in [6.45, 7) is 14.3. The van der Waals surface area contributed by atoms with Crippen LogP contribution in [0.3, 0.4) is 0 Å². The van der Waals surface area contributed by atoms with Gasteiger partial charge in [-0.2, -0.15) is 0 Å². The van der Waals surface area contributed by atoms with Crippen LogP contribution in [-0.2, 0) is 28.2 Å². The molecule has 0 radical (unpaired) electrons. The van der Waals surface area contributed by atoms with E-state index in [4.69, 9.17) is 0 Å². The Morgan fingerprint density at radius 3 is 1.48 bits per heavy atom. The Morgan fingerprint density at radius 1 is 0.636 bits per heavy atom. The molecule has 0 atom stereocenters. The number of halogens is 2. The molecule has 4 aromatic rings. The predicted octanol–water partition coefficient (Wildman–Crippen LogP) is 4.87. The van der Waals surface area contributed by atoms with Gasteiger partial charge in [0.1, 0.15) is 0 Å². The summed E-state index contributed by atoms with van der Waals surface area (Å²) in [7, 11) is 0. The van der Waals surface area contributed by atoms with E-state index in [1.807, 2.05) is 3.81 Å². The minimum absolute atomic E-state index is 0. The van der Waals surface area contributed by atoms with Crippen LogP contribution >= 0.6 is 0 Å². The van der Waals surface area contributed by atoms with Gasteiger partial charge in [0.2, 0.25) is 0 Å². The van der Waals surface area contributed by atoms with Crippen molar-refractivity contribution in [1.82, 2.24) is 0 Å². The number of fused-ring (bicyclic) bond motifs is 3. The van der Waals surface area contributed by atoms with Gasteiger partial charge < -0.3 is 24.8 Å². The van der Waals surface area contributed by atoms with Crippen molar-refractivity contribution >= 4 is 3.81 Å². The average Bonchev–Trinajstić information content (AvgIpc) is 3.67. The van der Waals surface area contributed by atoms with Crippen LogP contribution in [0.1, 0.15) is 98.4 Å². The zero-order chi connectivity index (χ0) is 29.5. The van der Waals surface area contributed by atoms with Crippen LogP contribution in [0, 0.1) is 0 Å². The molecule has 2 aliphatic carbocycles. The van der Waals surface area contributed by atoms with Gasteiger partial charge in [0.15, 0.2) is 0 Å². The second-order valence-corrected chi connectivity index (χ2v) is 17.4. The monoisotopic (exact) mass is 654 g/mol. The van der Waals surface area contributed by atoms with E-state index < -0.39 is 17.4 Å². The summed E-state index contributed by atoms with van der Waals surface area (Å²) in [6, 6.07) is 37.0. The van der Waals surface area contributed by atoms with E-state index >= 15 is 0 Å². The summed E-state index contributed by atoms with van der Waals surface area (Å²) in [5.41, 5.74) is 11.5. The van der Waals surface area contributed by atoms with Crippen molar-refractivity contribution < 1.29 is 42.2 Å². The molecule has 226 valence electrons. The summed E-state index contributed by atoms with van der Waals surface area (Å²) >= 11 is -1.89. The third-order valence-corrected chi connectivity index (χ3v) is 15.9. The normalized spacial score (nSPS) is 13.6. The van der Waals surface area contributed by atoms with Crippen LogP contribution in [0.15, 0.2) is 119 Å². The first-order valence-electron chi connectivity index (χ1n) is 15.8. The molecule has 44 heavy (non-hydrogen) atoms. The molecule has 0 bridgehead atoms. The van der Waals surface area contributed by atoms with E-state index in [-0.39, 0.29) is 35.6 Å². The topological polar surface area (TPSA) is 0 Å². The van der Waals surface area contributed by atoms with Crippen molar-refractivity contribution in [1.29, 1.82) is 0 Å². The molecular formula is C41H44Cl2Ti. The fourth-order valence-electron chi connectivity index (χ4n) is 7.29. The summed E-state index contributed by atoms with van der Waals surface area (Å²) in [5.74, 6) is 0. The van der Waals surface area contributed by atoms with Gasteiger partial charge in [-0.15, -0.1) is 0 Å². The fraction of sp³-hybridized carbons (Fsp3) is 0.293. The van der Waals surface area contributed by atoms with Crippen LogP contribution in [-0.4, -0.2) is 3.81 Å². The second kappa shape index (κ2) is 13.9. The Labute approximate surface area is 283 Å². The summed E-state index contributed by atoms with van der Waals surface area (Å²) in [5, 5.41) is 0. The first kappa shape index (κ1) is 34.4. The first-order chi connectivity index (χ1) is 20.3. The molecule has 0 spiro atoms. The summed E-state index contributed by atoms with van der Waals surface area (Å²) < 4.78 is 4.04. The van der Waals surface area contributed by atoms with Gasteiger partial charge in [0.25, 0.3) is 0 Å². The Morgan fingerprint density at radius 2 is 1.09 bits per heavy atom. The number of hydrogen-bond acceptors (Lipinski definition) is 0. The van der Waals surface area contributed by atoms with E-state index in [0.717, 1.165) is 6.42 Å². The first-order valence-corrected chi connectivity index (χ1v) is 18.2. The maximum Gasteiger partial charge on any atom is -1.00 e. The van der Waals surface area contributed by atoms with Crippen molar-refractivity contribution in [3.63, 3.8) is 0 Å². The molecule has 6 rings (SSSR count). The quantitative estimate of drug-likeness (QED) is 0.238. The SMILES string of the molecule is CC[C](CC)=[Ti+2]([C]1=CC=CC1)[CH]1c2cc(C(C)(C)c3ccccc3)ccc2-c2ccc(C(C)(C)c3ccccc3)cc21.[Cl-].[Cl-]. The smallest absolute Gasteiger partial charge is 1.00 e. The Kier molecular flexibility index (Phi) is 10.9. The standard InChI is InChI=1S/C31H29.C5H5.C5H10.2ClH.Ti/c1-30(2,24-11-7-5-8-12-24)26-15-17-28-22(20-26)19-23-21-27(16-18-29(23)28)31(3,4)25-13-9-6-10-14-25;1-2-4-5-3-1;1-3-5-4-2;;;/h5-21H,1-4H3;1-3H,4H2;3-4H2,1-2H3;2*1H;/q;;;;;+2/p-2. The molecule has 0 heterocycles. The fourth-order valence-corrected chi connectivity index (χ4v) is 13.1. The van der Waals surface area contributed by atoms with E-state index in [2.05, 4.69) is 157 Å². The molecule has 0 N–H and O–H groups in total. The number of benzene rings is 4. The van der Waals surface area contributed by atoms with Crippen molar-refractivity contribution in [2.24, 2.45) is 0 Å². The molecule has 0 saturated carbocycles. The van der Waals surface area contributed by atoms with Crippen LogP contribution in [0.4, 0.5) is 0 Å². The maximum atomic E-state index is 2.61. The minimum Gasteiger partial charge on any atom is -1.00 e. The molecule has 0 unspecified atom stereocenters. The molecule has 0 aliphatic heterocycles. The van der Waals surface area contributed by atoms with Crippen LogP contribution < -0.4 is 24.8 Å². The van der Waals surface area contributed by atoms with Crippen molar-refractivity contribution in [3.05, 3.63) is 153 Å². The third kappa shape index (κ3) is 6.04. The molecule has 3 heteroatoms. The predicted molar refractivity (Wildman–Crippen MR) is 178 cm³/mol. The van der Waals surface area contributed by atoms with Crippen LogP contribution in [0.25, 0.3) is 11.1 Å². The van der Waals surface area contributed by atoms with E-state index in [9.17, 15) is 0 Å². The molecule has 0 aromatic heterocycles. The number of hydrogen-bond donors (Lipinski definition) is 0. The zero-order valence-corrected chi connectivity index (χ0v) is 30.0. The Balaban J connectivity index is 0.00000221. The van der Waals surface area contributed by atoms with Crippen molar-refractivity contribution in [3.8, 4) is 11.1 Å². The Bertz CT molecular complexity index is 1600. The molecule has 0 fully saturated rings. The maximum absolute atomic E-state index is 2.61. The van der Waals surface area contributed by atoms with Crippen molar-refractivity contribution in [2.45, 2.75) is 75.9 Å². The molecule has 2 aliphatic rings. The van der Waals surface area contributed by atoms with Crippen LogP contribution in [0.2, 0.25) is 0 Å². The molecule has 0 saturated heterocycles. The zero-order valence-electron chi connectivity index (χ0n) is 26.9. The molecule has 0 amide bonds. The number of allylic oxidation sites excluding steroid dienone is 4. The van der Waals surface area contributed by atoms with Gasteiger partial charge in [-0.3, -0.25) is 0 Å². The molecule has 4 aromatic carbocycles. The summed E-state index contributed by atoms with van der Waals surface area (Å²) in [4.78, 5) is 0. The summed E-state index contributed by atoms with van der Waals surface area (Å²) in [6.07, 6.45) is 10.7. The van der Waals surface area contributed by atoms with E-state index in [1.54, 1.807) is 15.0 Å². The third-order valence-electron chi connectivity index (χ3n) is 10.1.